The summed E-state index contributed by atoms with van der Waals surface area (Å²) in [6, 6.07) is 5.45. The van der Waals surface area contributed by atoms with Crippen LogP contribution in [0, 0.1) is 12.7 Å². The maximum atomic E-state index is 14.0. The number of aryl methyl sites for hydroxylation is 1. The summed E-state index contributed by atoms with van der Waals surface area (Å²) in [6.45, 7) is 3.74. The van der Waals surface area contributed by atoms with Gasteiger partial charge in [0.2, 0.25) is 0 Å². The van der Waals surface area contributed by atoms with E-state index < -0.39 is 5.82 Å². The molecule has 1 amide bonds. The molecule has 2 fully saturated rings. The van der Waals surface area contributed by atoms with Crippen molar-refractivity contribution in [3.05, 3.63) is 35.1 Å². The van der Waals surface area contributed by atoms with Crippen LogP contribution in [0.15, 0.2) is 18.2 Å². The molecule has 0 N–H and O–H groups in total. The molecule has 114 valence electrons. The number of rotatable bonds is 2. The van der Waals surface area contributed by atoms with E-state index in [1.165, 1.54) is 12.5 Å². The predicted molar refractivity (Wildman–Crippen MR) is 80.8 cm³/mol. The van der Waals surface area contributed by atoms with Crippen LogP contribution >= 0.6 is 0 Å². The van der Waals surface area contributed by atoms with Crippen molar-refractivity contribution in [2.45, 2.75) is 44.7 Å². The van der Waals surface area contributed by atoms with Gasteiger partial charge in [0.25, 0.3) is 5.91 Å². The third-order valence-corrected chi connectivity index (χ3v) is 4.93. The van der Waals surface area contributed by atoms with Gasteiger partial charge in [-0.1, -0.05) is 11.6 Å². The minimum Gasteiger partial charge on any atom is -0.334 e. The van der Waals surface area contributed by atoms with E-state index in [4.69, 9.17) is 0 Å². The minimum atomic E-state index is -0.406. The van der Waals surface area contributed by atoms with Crippen LogP contribution < -0.4 is 0 Å². The van der Waals surface area contributed by atoms with Gasteiger partial charge in [0.05, 0.1) is 5.56 Å². The lowest BCUT2D eigenvalue weighted by Gasteiger charge is -2.33. The average molecular weight is 290 g/mol. The third-order valence-electron chi connectivity index (χ3n) is 4.93. The van der Waals surface area contributed by atoms with Crippen LogP contribution in [0.3, 0.4) is 0 Å². The maximum Gasteiger partial charge on any atom is 0.257 e. The van der Waals surface area contributed by atoms with Crippen LogP contribution in [-0.4, -0.2) is 47.9 Å². The van der Waals surface area contributed by atoms with Crippen molar-refractivity contribution in [1.82, 2.24) is 9.80 Å². The van der Waals surface area contributed by atoms with E-state index in [0.29, 0.717) is 6.04 Å². The van der Waals surface area contributed by atoms with Gasteiger partial charge in [0.15, 0.2) is 0 Å². The van der Waals surface area contributed by atoms with E-state index >= 15 is 0 Å². The van der Waals surface area contributed by atoms with Crippen molar-refractivity contribution in [2.75, 3.05) is 20.1 Å². The molecule has 1 aromatic carbocycles. The summed E-state index contributed by atoms with van der Waals surface area (Å²) in [5.74, 6) is -0.546. The highest BCUT2D eigenvalue weighted by atomic mass is 19.1. The molecule has 0 saturated carbocycles. The van der Waals surface area contributed by atoms with Crippen molar-refractivity contribution in [3.63, 3.8) is 0 Å². The van der Waals surface area contributed by atoms with Crippen LogP contribution in [0.1, 0.15) is 41.6 Å². The van der Waals surface area contributed by atoms with Crippen molar-refractivity contribution < 1.29 is 9.18 Å². The second-order valence-electron chi connectivity index (χ2n) is 6.38. The molecule has 0 aromatic heterocycles. The Morgan fingerprint density at radius 2 is 1.90 bits per heavy atom. The number of benzene rings is 1. The van der Waals surface area contributed by atoms with Gasteiger partial charge >= 0.3 is 0 Å². The lowest BCUT2D eigenvalue weighted by atomic mass is 10.0. The third kappa shape index (κ3) is 2.69. The summed E-state index contributed by atoms with van der Waals surface area (Å²) < 4.78 is 14.0. The number of hydrogen-bond acceptors (Lipinski definition) is 2. The molecule has 21 heavy (non-hydrogen) atoms. The minimum absolute atomic E-state index is 0.140. The van der Waals surface area contributed by atoms with Crippen molar-refractivity contribution >= 4 is 5.91 Å². The van der Waals surface area contributed by atoms with Gasteiger partial charge in [-0.05, 0) is 58.3 Å². The zero-order valence-electron chi connectivity index (χ0n) is 12.8. The molecule has 2 aliphatic heterocycles. The van der Waals surface area contributed by atoms with Gasteiger partial charge in [-0.15, -0.1) is 0 Å². The van der Waals surface area contributed by atoms with Crippen LogP contribution in [0.4, 0.5) is 4.39 Å². The van der Waals surface area contributed by atoms with Crippen molar-refractivity contribution in [2.24, 2.45) is 0 Å². The van der Waals surface area contributed by atoms with Gasteiger partial charge in [0, 0.05) is 18.6 Å². The Morgan fingerprint density at radius 3 is 2.62 bits per heavy atom. The molecule has 4 heteroatoms. The van der Waals surface area contributed by atoms with Gasteiger partial charge in [-0.25, -0.2) is 4.39 Å². The van der Waals surface area contributed by atoms with Crippen LogP contribution in [-0.2, 0) is 0 Å². The lowest BCUT2D eigenvalue weighted by Crippen LogP contribution is -2.47. The summed E-state index contributed by atoms with van der Waals surface area (Å²) in [5.41, 5.74) is 1.15. The molecule has 2 atom stereocenters. The predicted octanol–water partition coefficient (Wildman–Crippen LogP) is 2.83. The molecule has 0 spiro atoms. The second-order valence-corrected chi connectivity index (χ2v) is 6.38. The fourth-order valence-corrected chi connectivity index (χ4v) is 3.82. The lowest BCUT2D eigenvalue weighted by molar-refractivity contribution is 0.0659. The Bertz CT molecular complexity index is 546. The average Bonchev–Trinajstić information content (AvgIpc) is 3.08. The topological polar surface area (TPSA) is 23.6 Å². The maximum absolute atomic E-state index is 14.0. The number of likely N-dealkylation sites (N-methyl/N-ethyl adjacent to an activating group) is 1. The van der Waals surface area contributed by atoms with E-state index in [0.717, 1.165) is 37.9 Å². The highest BCUT2D eigenvalue weighted by Crippen LogP contribution is 2.30. The smallest absolute Gasteiger partial charge is 0.257 e. The fourth-order valence-electron chi connectivity index (χ4n) is 3.82. The van der Waals surface area contributed by atoms with Gasteiger partial charge < -0.3 is 9.80 Å². The first kappa shape index (κ1) is 14.5. The summed E-state index contributed by atoms with van der Waals surface area (Å²) in [7, 11) is 2.13. The first-order chi connectivity index (χ1) is 10.1. The monoisotopic (exact) mass is 290 g/mol. The molecule has 0 bridgehead atoms. The Morgan fingerprint density at radius 1 is 1.19 bits per heavy atom. The molecule has 0 aliphatic carbocycles. The van der Waals surface area contributed by atoms with E-state index in [1.54, 1.807) is 12.1 Å². The largest absolute Gasteiger partial charge is 0.334 e. The molecule has 1 aromatic rings. The quantitative estimate of drug-likeness (QED) is 0.836. The molecule has 3 rings (SSSR count). The second kappa shape index (κ2) is 5.76. The van der Waals surface area contributed by atoms with Crippen LogP contribution in [0.25, 0.3) is 0 Å². The Hall–Kier alpha value is -1.42. The Balaban J connectivity index is 1.84. The standard InChI is InChI=1S/C17H23FN2O/c1-12-7-8-14(18)13(11-12)17(21)20-10-4-6-16(20)15-5-3-9-19(15)2/h7-8,11,15-16H,3-6,9-10H2,1-2H3/t15-,16+/m1/s1. The molecule has 0 unspecified atom stereocenters. The van der Waals surface area contributed by atoms with Crippen molar-refractivity contribution in [1.29, 1.82) is 0 Å². The highest BCUT2D eigenvalue weighted by molar-refractivity contribution is 5.95. The first-order valence-electron chi connectivity index (χ1n) is 7.85. The molecule has 0 radical (unpaired) electrons. The molecular weight excluding hydrogens is 267 g/mol. The van der Waals surface area contributed by atoms with E-state index in [9.17, 15) is 9.18 Å². The summed E-state index contributed by atoms with van der Waals surface area (Å²) in [4.78, 5) is 17.0. The number of carbonyl (C=O) groups excluding carboxylic acids is 1. The number of halogens is 1. The molecule has 2 saturated heterocycles. The van der Waals surface area contributed by atoms with Gasteiger partial charge in [-0.2, -0.15) is 0 Å². The van der Waals surface area contributed by atoms with Crippen LogP contribution in [0.2, 0.25) is 0 Å². The van der Waals surface area contributed by atoms with Crippen molar-refractivity contribution in [3.8, 4) is 0 Å². The van der Waals surface area contributed by atoms with E-state index in [2.05, 4.69) is 11.9 Å². The van der Waals surface area contributed by atoms with E-state index in [1.807, 2.05) is 11.8 Å². The SMILES string of the molecule is Cc1ccc(F)c(C(=O)N2CCC[C@H]2[C@H]2CCCN2C)c1. The Labute approximate surface area is 125 Å². The molecular formula is C17H23FN2O. The van der Waals surface area contributed by atoms with Gasteiger partial charge in [-0.3, -0.25) is 4.79 Å². The first-order valence-corrected chi connectivity index (χ1v) is 7.85. The molecule has 3 nitrogen and oxygen atoms in total. The molecule has 2 heterocycles. The number of amides is 1. The summed E-state index contributed by atoms with van der Waals surface area (Å²) in [6.07, 6.45) is 4.39. The zero-order chi connectivity index (χ0) is 15.0. The highest BCUT2D eigenvalue weighted by Gasteiger charge is 2.39. The number of nitrogens with zero attached hydrogens (tertiary/aromatic N) is 2. The Kier molecular flexibility index (Phi) is 3.98. The summed E-state index contributed by atoms with van der Waals surface area (Å²) in [5, 5.41) is 0. The zero-order valence-corrected chi connectivity index (χ0v) is 12.8. The van der Waals surface area contributed by atoms with E-state index in [-0.39, 0.29) is 17.5 Å². The van der Waals surface area contributed by atoms with Gasteiger partial charge in [0.1, 0.15) is 5.82 Å². The van der Waals surface area contributed by atoms with Crippen LogP contribution in [0.5, 0.6) is 0 Å². The normalized spacial score (nSPS) is 26.5. The summed E-state index contributed by atoms with van der Waals surface area (Å²) >= 11 is 0. The fraction of sp³-hybridized carbons (Fsp3) is 0.588. The number of likely N-dealkylation sites (tertiary alicyclic amines) is 2. The number of hydrogen-bond donors (Lipinski definition) is 0. The molecule has 2 aliphatic rings. The number of carbonyl (C=O) groups is 1.